The minimum Gasteiger partial charge on any atom is -0.391 e. The molecule has 9 heteroatoms. The second-order valence-corrected chi connectivity index (χ2v) is 12.5. The SMILES string of the molecule is Cc1ncsc1-c1ccc(CNC(=O)C2CC(O)CN2C(=O)C(C2CCC2)n2cc(C(C)(C)C)cn2)cc1. The lowest BCUT2D eigenvalue weighted by Crippen LogP contribution is -2.50. The molecule has 2 fully saturated rings. The number of hydrogen-bond donors (Lipinski definition) is 2. The summed E-state index contributed by atoms with van der Waals surface area (Å²) in [5, 5.41) is 18.0. The number of carbonyl (C=O) groups excluding carboxylic acids is 2. The maximum absolute atomic E-state index is 13.9. The number of thiazole rings is 1. The molecule has 2 amide bonds. The summed E-state index contributed by atoms with van der Waals surface area (Å²) in [5.74, 6) is -0.169. The van der Waals surface area contributed by atoms with Gasteiger partial charge in [-0.1, -0.05) is 51.5 Å². The first-order valence-electron chi connectivity index (χ1n) is 13.4. The highest BCUT2D eigenvalue weighted by molar-refractivity contribution is 7.13. The van der Waals surface area contributed by atoms with E-state index in [9.17, 15) is 14.7 Å². The number of aliphatic hydroxyl groups is 1. The lowest BCUT2D eigenvalue weighted by molar-refractivity contribution is -0.143. The number of benzene rings is 1. The van der Waals surface area contributed by atoms with Gasteiger partial charge in [0.1, 0.15) is 12.1 Å². The van der Waals surface area contributed by atoms with Gasteiger partial charge in [-0.2, -0.15) is 5.10 Å². The van der Waals surface area contributed by atoms with Gasteiger partial charge in [0.05, 0.1) is 28.4 Å². The number of rotatable bonds is 7. The Morgan fingerprint density at radius 3 is 2.53 bits per heavy atom. The lowest BCUT2D eigenvalue weighted by atomic mass is 9.79. The van der Waals surface area contributed by atoms with Crippen LogP contribution in [0, 0.1) is 12.8 Å². The first kappa shape index (κ1) is 26.6. The molecule has 38 heavy (non-hydrogen) atoms. The van der Waals surface area contributed by atoms with Gasteiger partial charge in [0.25, 0.3) is 0 Å². The molecule has 1 aromatic carbocycles. The second-order valence-electron chi connectivity index (χ2n) is 11.7. The van der Waals surface area contributed by atoms with Crippen LogP contribution in [0.5, 0.6) is 0 Å². The fraction of sp³-hybridized carbons (Fsp3) is 0.517. The van der Waals surface area contributed by atoms with E-state index in [1.54, 1.807) is 20.9 Å². The molecule has 0 radical (unpaired) electrons. The van der Waals surface area contributed by atoms with Crippen LogP contribution in [0.25, 0.3) is 10.4 Å². The topological polar surface area (TPSA) is 100 Å². The summed E-state index contributed by atoms with van der Waals surface area (Å²) < 4.78 is 1.79. The zero-order chi connectivity index (χ0) is 27.0. The normalized spacial score (nSPS) is 20.8. The van der Waals surface area contributed by atoms with E-state index in [0.717, 1.165) is 46.5 Å². The molecule has 1 aliphatic heterocycles. The third-order valence-electron chi connectivity index (χ3n) is 7.90. The summed E-state index contributed by atoms with van der Waals surface area (Å²) >= 11 is 1.61. The Kier molecular flexibility index (Phi) is 7.42. The van der Waals surface area contributed by atoms with E-state index in [2.05, 4.69) is 36.2 Å². The van der Waals surface area contributed by atoms with Crippen LogP contribution in [0.3, 0.4) is 0 Å². The molecule has 202 valence electrons. The van der Waals surface area contributed by atoms with Crippen molar-refractivity contribution in [3.8, 4) is 10.4 Å². The second kappa shape index (κ2) is 10.6. The van der Waals surface area contributed by atoms with E-state index in [1.165, 1.54) is 0 Å². The van der Waals surface area contributed by atoms with Gasteiger partial charge in [-0.05, 0) is 47.8 Å². The van der Waals surface area contributed by atoms with Crippen molar-refractivity contribution in [1.82, 2.24) is 25.0 Å². The Morgan fingerprint density at radius 2 is 1.95 bits per heavy atom. The Labute approximate surface area is 228 Å². The zero-order valence-electron chi connectivity index (χ0n) is 22.6. The molecule has 0 bridgehead atoms. The molecule has 3 unspecified atom stereocenters. The summed E-state index contributed by atoms with van der Waals surface area (Å²) in [6.07, 6.45) is 6.35. The molecular weight excluding hydrogens is 498 g/mol. The van der Waals surface area contributed by atoms with Crippen LogP contribution >= 0.6 is 11.3 Å². The molecule has 2 aromatic heterocycles. The molecule has 2 N–H and O–H groups in total. The number of nitrogens with zero attached hydrogens (tertiary/aromatic N) is 4. The number of nitrogens with one attached hydrogen (secondary N) is 1. The molecule has 3 heterocycles. The molecule has 2 aliphatic rings. The van der Waals surface area contributed by atoms with Gasteiger partial charge in [0.15, 0.2) is 0 Å². The van der Waals surface area contributed by atoms with Crippen molar-refractivity contribution in [2.24, 2.45) is 5.92 Å². The summed E-state index contributed by atoms with van der Waals surface area (Å²) in [7, 11) is 0. The number of aromatic nitrogens is 3. The van der Waals surface area contributed by atoms with E-state index in [1.807, 2.05) is 49.1 Å². The molecule has 3 atom stereocenters. The molecule has 3 aromatic rings. The minimum absolute atomic E-state index is 0.0740. The van der Waals surface area contributed by atoms with Gasteiger partial charge in [-0.3, -0.25) is 14.3 Å². The quantitative estimate of drug-likeness (QED) is 0.472. The number of amides is 2. The summed E-state index contributed by atoms with van der Waals surface area (Å²) in [6, 6.07) is 6.92. The zero-order valence-corrected chi connectivity index (χ0v) is 23.4. The van der Waals surface area contributed by atoms with Crippen LogP contribution in [0.4, 0.5) is 0 Å². The van der Waals surface area contributed by atoms with E-state index in [-0.39, 0.29) is 36.1 Å². The van der Waals surface area contributed by atoms with E-state index in [4.69, 9.17) is 0 Å². The molecule has 1 saturated heterocycles. The van der Waals surface area contributed by atoms with Crippen LogP contribution in [0.2, 0.25) is 0 Å². The fourth-order valence-corrected chi connectivity index (χ4v) is 6.11. The predicted octanol–water partition coefficient (Wildman–Crippen LogP) is 4.23. The number of likely N-dealkylation sites (tertiary alicyclic amines) is 1. The van der Waals surface area contributed by atoms with Gasteiger partial charge < -0.3 is 15.3 Å². The number of hydrogen-bond acceptors (Lipinski definition) is 6. The monoisotopic (exact) mass is 535 g/mol. The maximum Gasteiger partial charge on any atom is 0.248 e. The number of carbonyl (C=O) groups is 2. The van der Waals surface area contributed by atoms with Gasteiger partial charge in [0.2, 0.25) is 11.8 Å². The molecular formula is C29H37N5O3S. The van der Waals surface area contributed by atoms with Crippen LogP contribution in [0.15, 0.2) is 42.2 Å². The standard InChI is InChI=1S/C29H37N5O3S/c1-18-26(38-17-31-18)21-10-8-19(9-11-21)13-30-27(36)24-12-23(35)16-33(24)28(37)25(20-6-5-7-20)34-15-22(14-32-34)29(2,3)4/h8-11,14-15,17,20,23-25,35H,5-7,12-13,16H2,1-4H3,(H,30,36). The molecule has 5 rings (SSSR count). The molecule has 1 saturated carbocycles. The van der Waals surface area contributed by atoms with Crippen molar-refractivity contribution in [1.29, 1.82) is 0 Å². The van der Waals surface area contributed by atoms with Crippen LogP contribution in [-0.4, -0.2) is 55.3 Å². The Bertz CT molecular complexity index is 1290. The van der Waals surface area contributed by atoms with Gasteiger partial charge in [-0.25, -0.2) is 4.98 Å². The Morgan fingerprint density at radius 1 is 1.21 bits per heavy atom. The Balaban J connectivity index is 1.28. The van der Waals surface area contributed by atoms with Crippen LogP contribution in [0.1, 0.15) is 69.3 Å². The van der Waals surface area contributed by atoms with Crippen molar-refractivity contribution >= 4 is 23.2 Å². The number of β-amino-alcohol motifs (C(OH)–C–C–N with tert-alkyl or cyclic N) is 1. The van der Waals surface area contributed by atoms with Crippen molar-refractivity contribution < 1.29 is 14.7 Å². The van der Waals surface area contributed by atoms with Crippen molar-refractivity contribution in [2.45, 2.75) is 83.5 Å². The van der Waals surface area contributed by atoms with E-state index >= 15 is 0 Å². The summed E-state index contributed by atoms with van der Waals surface area (Å²) in [4.78, 5) is 34.2. The van der Waals surface area contributed by atoms with E-state index < -0.39 is 18.2 Å². The van der Waals surface area contributed by atoms with Crippen molar-refractivity contribution in [3.05, 3.63) is 59.0 Å². The molecule has 8 nitrogen and oxygen atoms in total. The third-order valence-corrected chi connectivity index (χ3v) is 8.87. The Hall–Kier alpha value is -3.04. The van der Waals surface area contributed by atoms with Gasteiger partial charge in [0, 0.05) is 25.7 Å². The van der Waals surface area contributed by atoms with Crippen LogP contribution < -0.4 is 5.32 Å². The van der Waals surface area contributed by atoms with Crippen LogP contribution in [-0.2, 0) is 21.5 Å². The highest BCUT2D eigenvalue weighted by atomic mass is 32.1. The highest BCUT2D eigenvalue weighted by Crippen LogP contribution is 2.39. The first-order valence-corrected chi connectivity index (χ1v) is 14.3. The third kappa shape index (κ3) is 5.40. The lowest BCUT2D eigenvalue weighted by Gasteiger charge is -2.36. The number of aliphatic hydroxyl groups excluding tert-OH is 1. The van der Waals surface area contributed by atoms with Gasteiger partial charge >= 0.3 is 0 Å². The smallest absolute Gasteiger partial charge is 0.248 e. The number of aryl methyl sites for hydroxylation is 1. The predicted molar refractivity (Wildman–Crippen MR) is 148 cm³/mol. The molecule has 1 aliphatic carbocycles. The highest BCUT2D eigenvalue weighted by Gasteiger charge is 2.45. The van der Waals surface area contributed by atoms with E-state index in [0.29, 0.717) is 6.54 Å². The van der Waals surface area contributed by atoms with Gasteiger partial charge in [-0.15, -0.1) is 11.3 Å². The molecule has 0 spiro atoms. The average Bonchev–Trinajstić information content (AvgIpc) is 3.59. The summed E-state index contributed by atoms with van der Waals surface area (Å²) in [6.45, 7) is 8.89. The minimum atomic E-state index is -0.721. The van der Waals surface area contributed by atoms with Crippen molar-refractivity contribution in [2.75, 3.05) is 6.54 Å². The van der Waals surface area contributed by atoms with Crippen molar-refractivity contribution in [3.63, 3.8) is 0 Å². The maximum atomic E-state index is 13.9. The summed E-state index contributed by atoms with van der Waals surface area (Å²) in [5.41, 5.74) is 5.92. The first-order chi connectivity index (χ1) is 18.1. The fourth-order valence-electron chi connectivity index (χ4n) is 5.30. The largest absolute Gasteiger partial charge is 0.391 e. The average molecular weight is 536 g/mol.